The molecule has 3 N–H and O–H groups in total. The number of amides is 2. The van der Waals surface area contributed by atoms with Crippen LogP contribution in [0.3, 0.4) is 0 Å². The molecule has 1 unspecified atom stereocenters. The summed E-state index contributed by atoms with van der Waals surface area (Å²) in [6.07, 6.45) is 0.325. The lowest BCUT2D eigenvalue weighted by molar-refractivity contribution is -0.862. The molecule has 0 bridgehead atoms. The zero-order chi connectivity index (χ0) is 19.8. The highest BCUT2D eigenvalue weighted by Gasteiger charge is 2.16. The van der Waals surface area contributed by atoms with Gasteiger partial charge in [0.25, 0.3) is 11.8 Å². The molecule has 2 amide bonds. The van der Waals surface area contributed by atoms with Crippen molar-refractivity contribution >= 4 is 46.4 Å². The lowest BCUT2D eigenvalue weighted by Crippen LogP contribution is -3.11. The third kappa shape index (κ3) is 6.57. The van der Waals surface area contributed by atoms with Crippen molar-refractivity contribution in [1.29, 1.82) is 5.26 Å². The van der Waals surface area contributed by atoms with Gasteiger partial charge >= 0.3 is 0 Å². The highest BCUT2D eigenvalue weighted by Crippen LogP contribution is 2.29. The second-order valence-electron chi connectivity index (χ2n) is 6.04. The van der Waals surface area contributed by atoms with Gasteiger partial charge in [0.2, 0.25) is 0 Å². The maximum absolute atomic E-state index is 12.2. The molecule has 0 saturated carbocycles. The van der Waals surface area contributed by atoms with Crippen LogP contribution in [0.15, 0.2) is 42.5 Å². The van der Waals surface area contributed by atoms with Crippen molar-refractivity contribution in [1.82, 2.24) is 0 Å². The van der Waals surface area contributed by atoms with E-state index in [1.165, 1.54) is 0 Å². The van der Waals surface area contributed by atoms with Crippen molar-refractivity contribution in [2.24, 2.45) is 0 Å². The number of nitrogens with one attached hydrogen (secondary N) is 3. The van der Waals surface area contributed by atoms with E-state index < -0.39 is 0 Å². The van der Waals surface area contributed by atoms with Gasteiger partial charge in [0.1, 0.15) is 0 Å². The molecule has 2 aromatic rings. The normalized spacial score (nSPS) is 11.3. The van der Waals surface area contributed by atoms with Gasteiger partial charge in [0, 0.05) is 5.69 Å². The fourth-order valence-corrected chi connectivity index (χ4v) is 2.91. The third-order valence-electron chi connectivity index (χ3n) is 3.67. The molecule has 0 heterocycles. The van der Waals surface area contributed by atoms with Crippen LogP contribution in [-0.4, -0.2) is 32.0 Å². The quantitative estimate of drug-likeness (QED) is 0.659. The predicted molar refractivity (Wildman–Crippen MR) is 106 cm³/mol. The highest BCUT2D eigenvalue weighted by molar-refractivity contribution is 6.39. The highest BCUT2D eigenvalue weighted by atomic mass is 35.5. The van der Waals surface area contributed by atoms with Crippen LogP contribution in [0.1, 0.15) is 5.56 Å². The Labute approximate surface area is 167 Å². The molecule has 2 aromatic carbocycles. The molecule has 0 aliphatic carbocycles. The maximum atomic E-state index is 12.2. The van der Waals surface area contributed by atoms with Gasteiger partial charge in [-0.05, 0) is 29.8 Å². The van der Waals surface area contributed by atoms with Crippen LogP contribution < -0.4 is 15.5 Å². The molecule has 0 fully saturated rings. The molecule has 1 atom stereocenters. The number of nitriles is 1. The molecule has 8 heteroatoms. The van der Waals surface area contributed by atoms with Crippen LogP contribution in [0.4, 0.5) is 11.4 Å². The van der Waals surface area contributed by atoms with Crippen molar-refractivity contribution < 1.29 is 14.5 Å². The average Bonchev–Trinajstić information content (AvgIpc) is 2.60. The summed E-state index contributed by atoms with van der Waals surface area (Å²) in [5.74, 6) is -0.514. The van der Waals surface area contributed by atoms with Crippen LogP contribution in [0.5, 0.6) is 0 Å². The first-order valence-corrected chi connectivity index (χ1v) is 8.95. The van der Waals surface area contributed by atoms with E-state index in [9.17, 15) is 9.59 Å². The summed E-state index contributed by atoms with van der Waals surface area (Å²) >= 11 is 12.1. The Morgan fingerprint density at radius 2 is 1.56 bits per heavy atom. The Bertz CT molecular complexity index is 843. The topological polar surface area (TPSA) is 86.4 Å². The molecular weight excluding hydrogens is 387 g/mol. The summed E-state index contributed by atoms with van der Waals surface area (Å²) in [4.78, 5) is 25.0. The molecule has 0 saturated heterocycles. The molecule has 0 spiro atoms. The van der Waals surface area contributed by atoms with Gasteiger partial charge < -0.3 is 15.5 Å². The molecular formula is C19H19Cl2N4O2+. The second kappa shape index (κ2) is 9.93. The van der Waals surface area contributed by atoms with Gasteiger partial charge in [-0.15, -0.1) is 0 Å². The van der Waals surface area contributed by atoms with Crippen LogP contribution in [-0.2, 0) is 16.0 Å². The van der Waals surface area contributed by atoms with Gasteiger partial charge in [0.15, 0.2) is 13.1 Å². The molecule has 0 aromatic heterocycles. The van der Waals surface area contributed by atoms with Crippen molar-refractivity contribution in [3.8, 4) is 6.07 Å². The summed E-state index contributed by atoms with van der Waals surface area (Å²) in [7, 11) is 1.74. The van der Waals surface area contributed by atoms with Gasteiger partial charge in [-0.1, -0.05) is 41.4 Å². The fraction of sp³-hybridized carbons (Fsp3) is 0.211. The Kier molecular flexibility index (Phi) is 7.62. The number of carbonyl (C=O) groups is 2. The van der Waals surface area contributed by atoms with E-state index in [0.717, 1.165) is 5.56 Å². The zero-order valence-electron chi connectivity index (χ0n) is 14.7. The predicted octanol–water partition coefficient (Wildman–Crippen LogP) is 2.15. The van der Waals surface area contributed by atoms with E-state index in [-0.39, 0.29) is 24.9 Å². The average molecular weight is 406 g/mol. The summed E-state index contributed by atoms with van der Waals surface area (Å²) in [6.45, 7) is 0.194. The van der Waals surface area contributed by atoms with Crippen LogP contribution >= 0.6 is 23.2 Å². The first kappa shape index (κ1) is 20.7. The maximum Gasteiger partial charge on any atom is 0.279 e. The lowest BCUT2D eigenvalue weighted by Gasteiger charge is -2.15. The Morgan fingerprint density at radius 1 is 1.00 bits per heavy atom. The van der Waals surface area contributed by atoms with Crippen LogP contribution in [0.25, 0.3) is 0 Å². The van der Waals surface area contributed by atoms with Crippen molar-refractivity contribution in [3.63, 3.8) is 0 Å². The Morgan fingerprint density at radius 3 is 2.11 bits per heavy atom. The number of nitrogens with zero attached hydrogens (tertiary/aromatic N) is 1. The summed E-state index contributed by atoms with van der Waals surface area (Å²) in [5, 5.41) is 14.8. The molecule has 2 rings (SSSR count). The molecule has 0 radical (unpaired) electrons. The van der Waals surface area contributed by atoms with Gasteiger partial charge in [0.05, 0.1) is 35.3 Å². The summed E-state index contributed by atoms with van der Waals surface area (Å²) in [6, 6.07) is 14.1. The van der Waals surface area contributed by atoms with E-state index in [1.807, 2.05) is 0 Å². The van der Waals surface area contributed by atoms with E-state index >= 15 is 0 Å². The van der Waals surface area contributed by atoms with Crippen molar-refractivity contribution in [2.75, 3.05) is 30.8 Å². The smallest absolute Gasteiger partial charge is 0.279 e. The van der Waals surface area contributed by atoms with Crippen LogP contribution in [0, 0.1) is 11.3 Å². The number of rotatable bonds is 7. The zero-order valence-corrected chi connectivity index (χ0v) is 16.2. The van der Waals surface area contributed by atoms with E-state index in [1.54, 1.807) is 49.5 Å². The molecule has 140 valence electrons. The van der Waals surface area contributed by atoms with E-state index in [4.69, 9.17) is 28.5 Å². The monoisotopic (exact) mass is 405 g/mol. The summed E-state index contributed by atoms with van der Waals surface area (Å²) < 4.78 is 0. The number of benzene rings is 2. The number of anilines is 2. The van der Waals surface area contributed by atoms with Gasteiger partial charge in [-0.2, -0.15) is 5.26 Å². The summed E-state index contributed by atoms with van der Waals surface area (Å²) in [5.41, 5.74) is 1.88. The lowest BCUT2D eigenvalue weighted by atomic mass is 10.1. The van der Waals surface area contributed by atoms with Gasteiger partial charge in [-0.3, -0.25) is 9.59 Å². The Balaban J connectivity index is 1.83. The first-order chi connectivity index (χ1) is 12.9. The number of quaternary nitrogens is 1. The number of hydrogen-bond acceptors (Lipinski definition) is 3. The number of hydrogen-bond donors (Lipinski definition) is 3. The van der Waals surface area contributed by atoms with Crippen molar-refractivity contribution in [2.45, 2.75) is 6.42 Å². The minimum atomic E-state index is -0.295. The third-order valence-corrected chi connectivity index (χ3v) is 4.30. The number of para-hydroxylation sites is 1. The largest absolute Gasteiger partial charge is 0.322 e. The molecule has 6 nitrogen and oxygen atoms in total. The second-order valence-corrected chi connectivity index (χ2v) is 6.85. The number of halogens is 2. The van der Waals surface area contributed by atoms with Crippen molar-refractivity contribution in [3.05, 3.63) is 58.1 Å². The Hall–Kier alpha value is -2.59. The molecule has 27 heavy (non-hydrogen) atoms. The SMILES string of the molecule is C[NH+](CC(=O)Nc1ccc(CC#N)cc1)CC(=O)Nc1c(Cl)cccc1Cl. The van der Waals surface area contributed by atoms with Crippen LogP contribution in [0.2, 0.25) is 10.0 Å². The molecule has 0 aliphatic heterocycles. The van der Waals surface area contributed by atoms with E-state index in [2.05, 4.69) is 16.7 Å². The van der Waals surface area contributed by atoms with Gasteiger partial charge in [-0.25, -0.2) is 0 Å². The molecule has 0 aliphatic rings. The standard InChI is InChI=1S/C19H18Cl2N4O2/c1-25(12-18(27)24-19-15(20)3-2-4-16(19)21)11-17(26)23-14-7-5-13(6-8-14)9-10-22/h2-8H,9,11-12H2,1H3,(H,23,26)(H,24,27)/p+1. The first-order valence-electron chi connectivity index (χ1n) is 8.20. The fourth-order valence-electron chi connectivity index (χ4n) is 2.41. The minimum absolute atomic E-state index is 0.0794. The number of likely N-dealkylation sites (N-methyl/N-ethyl adjacent to an activating group) is 1. The number of carbonyl (C=O) groups excluding carboxylic acids is 2. The van der Waals surface area contributed by atoms with E-state index in [0.29, 0.717) is 32.7 Å². The minimum Gasteiger partial charge on any atom is -0.322 e.